The molecule has 1 aromatic heterocycles. The number of nitrogens with one attached hydrogen (secondary N) is 3. The molecule has 2 aromatic carbocycles. The molecule has 0 radical (unpaired) electrons. The number of fused-ring (bicyclic) bond motifs is 1. The van der Waals surface area contributed by atoms with Crippen molar-refractivity contribution in [2.75, 3.05) is 38.1 Å². The lowest BCUT2D eigenvalue weighted by molar-refractivity contribution is -0.114. The van der Waals surface area contributed by atoms with E-state index in [1.165, 1.54) is 0 Å². The van der Waals surface area contributed by atoms with Gasteiger partial charge in [-0.1, -0.05) is 12.1 Å². The summed E-state index contributed by atoms with van der Waals surface area (Å²) in [6.45, 7) is 2.65. The number of nitrogens with two attached hydrogens (primary N) is 1. The van der Waals surface area contributed by atoms with E-state index in [9.17, 15) is 9.59 Å². The molecule has 5 N–H and O–H groups in total. The van der Waals surface area contributed by atoms with E-state index >= 15 is 0 Å². The molecule has 3 aromatic rings. The van der Waals surface area contributed by atoms with Gasteiger partial charge in [0.25, 0.3) is 11.8 Å². The Kier molecular flexibility index (Phi) is 7.65. The Balaban J connectivity index is 1.58. The summed E-state index contributed by atoms with van der Waals surface area (Å²) in [6, 6.07) is 15.8. The van der Waals surface area contributed by atoms with Crippen molar-refractivity contribution in [2.45, 2.75) is 25.3 Å². The van der Waals surface area contributed by atoms with Crippen molar-refractivity contribution < 1.29 is 9.59 Å². The summed E-state index contributed by atoms with van der Waals surface area (Å²) < 4.78 is 0. The molecule has 0 atom stereocenters. The van der Waals surface area contributed by atoms with Gasteiger partial charge in [0.05, 0.1) is 11.2 Å². The smallest absolute Gasteiger partial charge is 0.269 e. The number of rotatable bonds is 3. The van der Waals surface area contributed by atoms with Crippen LogP contribution in [0.4, 0.5) is 11.4 Å². The Morgan fingerprint density at radius 1 is 1.13 bits per heavy atom. The number of carbonyl (C=O) groups excluding carboxylic acids is 2. The molecule has 9 heteroatoms. The fraction of sp³-hybridized carbons (Fsp3) is 0.310. The van der Waals surface area contributed by atoms with Crippen molar-refractivity contribution in [2.24, 2.45) is 10.7 Å². The van der Waals surface area contributed by atoms with Gasteiger partial charge in [-0.15, -0.1) is 0 Å². The fourth-order valence-electron chi connectivity index (χ4n) is 4.53. The van der Waals surface area contributed by atoms with Crippen LogP contribution in [0, 0.1) is 0 Å². The average Bonchev–Trinajstić information content (AvgIpc) is 3.76. The van der Waals surface area contributed by atoms with Crippen LogP contribution in [0.1, 0.15) is 35.2 Å². The van der Waals surface area contributed by atoms with Gasteiger partial charge in [0.2, 0.25) is 0 Å². The number of anilines is 2. The number of nitrogens with zero attached hydrogens (tertiary/aromatic N) is 3. The van der Waals surface area contributed by atoms with Gasteiger partial charge < -0.3 is 26.6 Å². The zero-order valence-electron chi connectivity index (χ0n) is 21.5. The molecule has 1 aliphatic heterocycles. The van der Waals surface area contributed by atoms with Gasteiger partial charge in [-0.2, -0.15) is 0 Å². The molecular weight excluding hydrogens is 478 g/mol. The molecule has 0 unspecified atom stereocenters. The summed E-state index contributed by atoms with van der Waals surface area (Å²) in [5.41, 5.74) is 11.3. The van der Waals surface area contributed by atoms with Crippen LogP contribution < -0.4 is 26.6 Å². The normalized spacial score (nSPS) is 19.7. The molecule has 2 aliphatic rings. The van der Waals surface area contributed by atoms with Crippen LogP contribution in [0.15, 0.2) is 65.8 Å². The topological polar surface area (TPSA) is 125 Å². The third kappa shape index (κ3) is 5.84. The molecule has 9 nitrogen and oxygen atoms in total. The van der Waals surface area contributed by atoms with Crippen LogP contribution in [-0.4, -0.2) is 61.8 Å². The van der Waals surface area contributed by atoms with Crippen molar-refractivity contribution in [1.82, 2.24) is 20.9 Å². The van der Waals surface area contributed by atoms with Crippen molar-refractivity contribution in [3.8, 4) is 0 Å². The highest BCUT2D eigenvalue weighted by atomic mass is 16.2. The molecule has 5 rings (SSSR count). The number of amides is 2. The molecule has 2 heterocycles. The number of carbonyl (C=O) groups is 2. The first kappa shape index (κ1) is 25.4. The van der Waals surface area contributed by atoms with Gasteiger partial charge >= 0.3 is 0 Å². The minimum atomic E-state index is -0.248. The quantitative estimate of drug-likeness (QED) is 0.429. The highest BCUT2D eigenvalue weighted by Crippen LogP contribution is 2.33. The van der Waals surface area contributed by atoms with Crippen molar-refractivity contribution in [1.29, 1.82) is 0 Å². The van der Waals surface area contributed by atoms with Gasteiger partial charge in [0.15, 0.2) is 0 Å². The summed E-state index contributed by atoms with van der Waals surface area (Å²) >= 11 is 0. The zero-order chi connectivity index (χ0) is 26.5. The second-order valence-electron chi connectivity index (χ2n) is 9.58. The lowest BCUT2D eigenvalue weighted by Crippen LogP contribution is -2.34. The maximum atomic E-state index is 12.8. The minimum absolute atomic E-state index is 0.0443. The summed E-state index contributed by atoms with van der Waals surface area (Å²) in [6.07, 6.45) is 6.27. The molecule has 196 valence electrons. The highest BCUT2D eigenvalue weighted by Gasteiger charge is 2.24. The van der Waals surface area contributed by atoms with Crippen LogP contribution in [0.25, 0.3) is 16.6 Å². The zero-order valence-corrected chi connectivity index (χ0v) is 21.5. The lowest BCUT2D eigenvalue weighted by Gasteiger charge is -2.27. The van der Waals surface area contributed by atoms with E-state index in [1.54, 1.807) is 19.3 Å². The molecule has 1 fully saturated rings. The number of aliphatic imine (C=N–C) groups is 1. The summed E-state index contributed by atoms with van der Waals surface area (Å²) in [7, 11) is 1.58. The standard InChI is InChI=1S/C29H33N7O2/c1-31-26-18-24(30)19-6-9-25-23(17-19)27(10-13-33-25)36(15-14-32-11-3-12-34-29(26)38)22-5-2-4-20(16-22)28(37)35-21-7-8-21/h2,4-6,9-10,13,16-18,21,32H,3,7-8,11-12,14-15,30H2,1H3,(H,34,38)(H,35,37)/b24-18-,31-26?. The van der Waals surface area contributed by atoms with Crippen molar-refractivity contribution in [3.63, 3.8) is 0 Å². The van der Waals surface area contributed by atoms with Gasteiger partial charge in [-0.25, -0.2) is 0 Å². The number of benzene rings is 2. The maximum absolute atomic E-state index is 12.8. The third-order valence-electron chi connectivity index (χ3n) is 6.77. The van der Waals surface area contributed by atoms with E-state index in [-0.39, 0.29) is 17.5 Å². The summed E-state index contributed by atoms with van der Waals surface area (Å²) in [4.78, 5) is 36.3. The minimum Gasteiger partial charge on any atom is -0.398 e. The second kappa shape index (κ2) is 11.4. The molecule has 1 aliphatic carbocycles. The van der Waals surface area contributed by atoms with E-state index in [0.29, 0.717) is 36.9 Å². The van der Waals surface area contributed by atoms with Crippen LogP contribution in [0.5, 0.6) is 0 Å². The number of aromatic nitrogens is 1. The molecule has 0 saturated heterocycles. The van der Waals surface area contributed by atoms with Crippen molar-refractivity contribution >= 4 is 45.5 Å². The van der Waals surface area contributed by atoms with E-state index in [4.69, 9.17) is 5.73 Å². The largest absolute Gasteiger partial charge is 0.398 e. The molecule has 1 saturated carbocycles. The fourth-order valence-corrected chi connectivity index (χ4v) is 4.53. The Bertz CT molecular complexity index is 1410. The Morgan fingerprint density at radius 2 is 2.00 bits per heavy atom. The first-order chi connectivity index (χ1) is 18.5. The number of pyridine rings is 1. The molecule has 2 amide bonds. The van der Waals surface area contributed by atoms with Gasteiger partial charge in [-0.3, -0.25) is 19.6 Å². The number of hydrogen-bond acceptors (Lipinski definition) is 7. The van der Waals surface area contributed by atoms with Crippen LogP contribution in [0.3, 0.4) is 0 Å². The first-order valence-corrected chi connectivity index (χ1v) is 13.0. The van der Waals surface area contributed by atoms with Gasteiger partial charge in [0.1, 0.15) is 5.71 Å². The van der Waals surface area contributed by atoms with Crippen molar-refractivity contribution in [3.05, 3.63) is 71.9 Å². The first-order valence-electron chi connectivity index (χ1n) is 13.0. The second-order valence-corrected chi connectivity index (χ2v) is 9.58. The van der Waals surface area contributed by atoms with E-state index in [2.05, 4.69) is 30.8 Å². The lowest BCUT2D eigenvalue weighted by atomic mass is 10.0. The molecule has 0 spiro atoms. The molecule has 2 bridgehead atoms. The Morgan fingerprint density at radius 3 is 2.82 bits per heavy atom. The molecule has 38 heavy (non-hydrogen) atoms. The third-order valence-corrected chi connectivity index (χ3v) is 6.77. The summed E-state index contributed by atoms with van der Waals surface area (Å²) in [5, 5.41) is 10.4. The molecular formula is C29H33N7O2. The van der Waals surface area contributed by atoms with E-state index in [1.807, 2.05) is 48.5 Å². The van der Waals surface area contributed by atoms with E-state index < -0.39 is 0 Å². The van der Waals surface area contributed by atoms with Crippen LogP contribution >= 0.6 is 0 Å². The van der Waals surface area contributed by atoms with E-state index in [0.717, 1.165) is 53.6 Å². The van der Waals surface area contributed by atoms with Gasteiger partial charge in [0, 0.05) is 61.3 Å². The summed E-state index contributed by atoms with van der Waals surface area (Å²) in [5.74, 6) is -0.292. The maximum Gasteiger partial charge on any atom is 0.269 e. The Labute approximate surface area is 222 Å². The average molecular weight is 512 g/mol. The van der Waals surface area contributed by atoms with Crippen LogP contribution in [0.2, 0.25) is 0 Å². The predicted molar refractivity (Wildman–Crippen MR) is 152 cm³/mol. The Hall–Kier alpha value is -4.24. The van der Waals surface area contributed by atoms with Crippen LogP contribution in [-0.2, 0) is 4.79 Å². The van der Waals surface area contributed by atoms with Gasteiger partial charge in [-0.05, 0) is 73.8 Å². The highest BCUT2D eigenvalue weighted by molar-refractivity contribution is 6.44. The number of hydrogen-bond donors (Lipinski definition) is 4. The monoisotopic (exact) mass is 511 g/mol. The predicted octanol–water partition coefficient (Wildman–Crippen LogP) is 2.75. The SMILES string of the molecule is CN=C1/C=C(\N)c2ccc3nccc(c3c2)N(c2cccc(C(=O)NC3CC3)c2)CCNCCCNC1=O.